The second-order valence-electron chi connectivity index (χ2n) is 17.6. The SMILES string of the molecule is CCCCCC[C@H]1CCC[C@@H]([C@@H]2CC[C@H]([C@H]3CC[C@H]([C@@H](CCCCC/C=C/CCCCCC4=C[C@H](C)OC4=O)O[Si](C)(C)C(C)(C)C)O3)O2)O1. The summed E-state index contributed by atoms with van der Waals surface area (Å²) in [6.07, 6.45) is 34.1. The zero-order valence-electron chi connectivity index (χ0n) is 33.4. The lowest BCUT2D eigenvalue weighted by atomic mass is 9.96. The van der Waals surface area contributed by atoms with Crippen molar-refractivity contribution in [2.75, 3.05) is 0 Å². The van der Waals surface area contributed by atoms with E-state index < -0.39 is 8.32 Å². The predicted octanol–water partition coefficient (Wildman–Crippen LogP) is 11.7. The molecule has 3 fully saturated rings. The van der Waals surface area contributed by atoms with Crippen LogP contribution in [0.15, 0.2) is 23.8 Å². The van der Waals surface area contributed by atoms with E-state index in [0.29, 0.717) is 6.10 Å². The van der Waals surface area contributed by atoms with Crippen LogP contribution < -0.4 is 0 Å². The van der Waals surface area contributed by atoms with E-state index in [1.807, 2.05) is 13.0 Å². The molecule has 4 aliphatic rings. The zero-order chi connectivity index (χ0) is 36.0. The van der Waals surface area contributed by atoms with Crippen LogP contribution in [-0.4, -0.2) is 63.1 Å². The average molecular weight is 717 g/mol. The number of cyclic esters (lactones) is 1. The van der Waals surface area contributed by atoms with Gasteiger partial charge in [0, 0.05) is 5.57 Å². The minimum atomic E-state index is -1.92. The second kappa shape index (κ2) is 21.0. The largest absolute Gasteiger partial charge is 0.455 e. The Kier molecular flexibility index (Phi) is 17.6. The Labute approximate surface area is 308 Å². The predicted molar refractivity (Wildman–Crippen MR) is 208 cm³/mol. The number of rotatable bonds is 22. The van der Waals surface area contributed by atoms with Gasteiger partial charge in [0.25, 0.3) is 0 Å². The van der Waals surface area contributed by atoms with Crippen molar-refractivity contribution in [3.05, 3.63) is 23.8 Å². The van der Waals surface area contributed by atoms with Crippen molar-refractivity contribution < 1.29 is 28.2 Å². The molecule has 0 aromatic heterocycles. The summed E-state index contributed by atoms with van der Waals surface area (Å²) in [5.41, 5.74) is 0.868. The summed E-state index contributed by atoms with van der Waals surface area (Å²) in [6.45, 7) is 16.0. The van der Waals surface area contributed by atoms with Crippen LogP contribution in [0.25, 0.3) is 0 Å². The highest BCUT2D eigenvalue weighted by Crippen LogP contribution is 2.41. The quantitative estimate of drug-likeness (QED) is 0.0481. The van der Waals surface area contributed by atoms with E-state index >= 15 is 0 Å². The molecular formula is C43H76O6Si. The molecule has 50 heavy (non-hydrogen) atoms. The first-order valence-corrected chi connectivity index (χ1v) is 24.1. The Balaban J connectivity index is 1.15. The van der Waals surface area contributed by atoms with Crippen molar-refractivity contribution in [2.24, 2.45) is 0 Å². The molecule has 288 valence electrons. The molecule has 0 N–H and O–H groups in total. The zero-order valence-corrected chi connectivity index (χ0v) is 34.4. The molecule has 0 aliphatic carbocycles. The molecule has 4 heterocycles. The van der Waals surface area contributed by atoms with Gasteiger partial charge in [-0.15, -0.1) is 0 Å². The van der Waals surface area contributed by atoms with Crippen LogP contribution in [0.3, 0.4) is 0 Å². The number of hydrogen-bond donors (Lipinski definition) is 0. The van der Waals surface area contributed by atoms with Crippen molar-refractivity contribution in [2.45, 2.75) is 243 Å². The summed E-state index contributed by atoms with van der Waals surface area (Å²) in [5.74, 6) is -0.117. The van der Waals surface area contributed by atoms with Crippen molar-refractivity contribution in [3.8, 4) is 0 Å². The highest BCUT2D eigenvalue weighted by atomic mass is 28.4. The van der Waals surface area contributed by atoms with E-state index in [9.17, 15) is 4.79 Å². The maximum Gasteiger partial charge on any atom is 0.334 e. The maximum absolute atomic E-state index is 11.7. The fourth-order valence-electron chi connectivity index (χ4n) is 8.15. The fraction of sp³-hybridized carbons (Fsp3) is 0.884. The number of carbonyl (C=O) groups is 1. The first-order valence-electron chi connectivity index (χ1n) is 21.2. The first kappa shape index (κ1) is 41.8. The summed E-state index contributed by atoms with van der Waals surface area (Å²) in [7, 11) is -1.92. The van der Waals surface area contributed by atoms with Gasteiger partial charge in [-0.05, 0) is 127 Å². The number of ether oxygens (including phenoxy) is 4. The maximum atomic E-state index is 11.7. The lowest BCUT2D eigenvalue weighted by Crippen LogP contribution is -2.47. The van der Waals surface area contributed by atoms with Gasteiger partial charge in [-0.1, -0.05) is 84.8 Å². The topological polar surface area (TPSA) is 63.2 Å². The van der Waals surface area contributed by atoms with Crippen molar-refractivity contribution in [1.29, 1.82) is 0 Å². The van der Waals surface area contributed by atoms with E-state index in [-0.39, 0.29) is 53.7 Å². The van der Waals surface area contributed by atoms with Gasteiger partial charge >= 0.3 is 5.97 Å². The van der Waals surface area contributed by atoms with Gasteiger partial charge in [-0.2, -0.15) is 0 Å². The van der Waals surface area contributed by atoms with E-state index in [4.69, 9.17) is 23.4 Å². The normalized spacial score (nSPS) is 29.9. The Bertz CT molecular complexity index is 1050. The summed E-state index contributed by atoms with van der Waals surface area (Å²) in [5, 5.41) is 0.182. The third kappa shape index (κ3) is 13.5. The molecule has 0 aromatic carbocycles. The van der Waals surface area contributed by atoms with Crippen LogP contribution >= 0.6 is 0 Å². The number of hydrogen-bond acceptors (Lipinski definition) is 6. The van der Waals surface area contributed by atoms with E-state index in [2.05, 4.69) is 52.9 Å². The minimum Gasteiger partial charge on any atom is -0.455 e. The molecular weight excluding hydrogens is 641 g/mol. The molecule has 0 bridgehead atoms. The smallest absolute Gasteiger partial charge is 0.334 e. The Morgan fingerprint density at radius 1 is 0.800 bits per heavy atom. The Morgan fingerprint density at radius 2 is 1.44 bits per heavy atom. The molecule has 4 aliphatic heterocycles. The van der Waals surface area contributed by atoms with Gasteiger partial charge in [-0.3, -0.25) is 0 Å². The number of esters is 1. The number of carbonyl (C=O) groups excluding carboxylic acids is 1. The molecule has 4 rings (SSSR count). The molecule has 0 unspecified atom stereocenters. The molecule has 0 radical (unpaired) electrons. The van der Waals surface area contributed by atoms with Crippen LogP contribution in [0, 0.1) is 0 Å². The first-order chi connectivity index (χ1) is 24.0. The van der Waals surface area contributed by atoms with Crippen LogP contribution in [-0.2, 0) is 28.2 Å². The lowest BCUT2D eigenvalue weighted by Gasteiger charge is -2.41. The molecule has 6 nitrogen and oxygen atoms in total. The molecule has 8 atom stereocenters. The summed E-state index contributed by atoms with van der Waals surface area (Å²) >= 11 is 0. The van der Waals surface area contributed by atoms with Crippen molar-refractivity contribution in [3.63, 3.8) is 0 Å². The molecule has 0 saturated carbocycles. The van der Waals surface area contributed by atoms with Gasteiger partial charge in [0.05, 0.1) is 42.7 Å². The van der Waals surface area contributed by atoms with Gasteiger partial charge in [0.1, 0.15) is 6.10 Å². The fourth-order valence-corrected chi connectivity index (χ4v) is 9.53. The molecule has 3 saturated heterocycles. The number of allylic oxidation sites excluding steroid dienone is 2. The Hall–Kier alpha value is -0.993. The van der Waals surface area contributed by atoms with Gasteiger partial charge in [-0.25, -0.2) is 4.79 Å². The highest BCUT2D eigenvalue weighted by molar-refractivity contribution is 6.74. The van der Waals surface area contributed by atoms with E-state index in [0.717, 1.165) is 76.2 Å². The standard InChI is InChI=1S/C43H76O6Si/c1-8-9-10-20-24-35-25-22-27-36(46-35)37-28-29-38(47-37)39-30-31-40(48-39)41(49-50(6,7)43(3,4)5)26-21-18-16-14-12-11-13-15-17-19-23-34-32-33(2)45-42(34)44/h11-12,32-33,35-41H,8-10,13-31H2,1-7H3/b12-11+/t33-,35-,36-,37-,38+,39+,40+,41+/m0/s1. The number of unbranched alkanes of at least 4 members (excludes halogenated alkanes) is 9. The molecule has 0 spiro atoms. The summed E-state index contributed by atoms with van der Waals surface area (Å²) in [6, 6.07) is 0. The Morgan fingerprint density at radius 3 is 2.10 bits per heavy atom. The third-order valence-electron chi connectivity index (χ3n) is 12.3. The average Bonchev–Trinajstić information content (AvgIpc) is 3.83. The second-order valence-corrected chi connectivity index (χ2v) is 22.3. The minimum absolute atomic E-state index is 0.0513. The highest BCUT2D eigenvalue weighted by Gasteiger charge is 2.45. The summed E-state index contributed by atoms with van der Waals surface area (Å²) < 4.78 is 32.6. The van der Waals surface area contributed by atoms with Crippen LogP contribution in [0.1, 0.15) is 176 Å². The summed E-state index contributed by atoms with van der Waals surface area (Å²) in [4.78, 5) is 11.7. The van der Waals surface area contributed by atoms with Crippen LogP contribution in [0.2, 0.25) is 18.1 Å². The van der Waals surface area contributed by atoms with E-state index in [1.54, 1.807) is 0 Å². The monoisotopic (exact) mass is 717 g/mol. The lowest BCUT2D eigenvalue weighted by molar-refractivity contribution is -0.144. The third-order valence-corrected chi connectivity index (χ3v) is 16.8. The molecule has 7 heteroatoms. The van der Waals surface area contributed by atoms with Crippen molar-refractivity contribution in [1.82, 2.24) is 0 Å². The van der Waals surface area contributed by atoms with Crippen LogP contribution in [0.4, 0.5) is 0 Å². The van der Waals surface area contributed by atoms with Crippen LogP contribution in [0.5, 0.6) is 0 Å². The van der Waals surface area contributed by atoms with Gasteiger partial charge < -0.3 is 23.4 Å². The van der Waals surface area contributed by atoms with Gasteiger partial charge in [0.15, 0.2) is 8.32 Å². The molecule has 0 aromatic rings. The van der Waals surface area contributed by atoms with E-state index in [1.165, 1.54) is 70.6 Å². The van der Waals surface area contributed by atoms with Crippen molar-refractivity contribution >= 4 is 14.3 Å². The van der Waals surface area contributed by atoms with Gasteiger partial charge in [0.2, 0.25) is 0 Å². The molecule has 0 amide bonds.